The number of carbonyl (C=O) groups excluding carboxylic acids is 1. The molecule has 5 heteroatoms. The van der Waals surface area contributed by atoms with Gasteiger partial charge < -0.3 is 10.0 Å². The molecular formula is C26H29N3O2. The Hall–Kier alpha value is -3.34. The summed E-state index contributed by atoms with van der Waals surface area (Å²) in [7, 11) is 0. The number of amides is 1. The number of phenolic OH excluding ortho intramolecular Hbond substituents is 1. The van der Waals surface area contributed by atoms with Gasteiger partial charge in [-0.05, 0) is 79.3 Å². The fourth-order valence-electron chi connectivity index (χ4n) is 4.82. The van der Waals surface area contributed by atoms with E-state index in [0.717, 1.165) is 29.3 Å². The molecule has 0 aromatic heterocycles. The highest BCUT2D eigenvalue weighted by molar-refractivity contribution is 6.01. The van der Waals surface area contributed by atoms with Gasteiger partial charge in [0.2, 0.25) is 0 Å². The molecule has 0 aliphatic carbocycles. The number of carbonyl (C=O) groups is 1. The summed E-state index contributed by atoms with van der Waals surface area (Å²) in [5.74, 6) is -0.0497. The zero-order chi connectivity index (χ0) is 22.2. The maximum absolute atomic E-state index is 12.5. The van der Waals surface area contributed by atoms with Crippen molar-refractivity contribution in [2.24, 2.45) is 5.10 Å². The summed E-state index contributed by atoms with van der Waals surface area (Å²) >= 11 is 0. The van der Waals surface area contributed by atoms with Crippen molar-refractivity contribution < 1.29 is 9.90 Å². The fraction of sp³-hybridized carbons (Fsp3) is 0.308. The van der Waals surface area contributed by atoms with E-state index in [1.165, 1.54) is 11.3 Å². The average Bonchev–Trinajstić information content (AvgIpc) is 2.73. The summed E-state index contributed by atoms with van der Waals surface area (Å²) in [6.45, 7) is 10.0. The third kappa shape index (κ3) is 4.00. The molecule has 160 valence electrons. The molecule has 1 aliphatic rings. The van der Waals surface area contributed by atoms with Crippen LogP contribution >= 0.6 is 0 Å². The summed E-state index contributed by atoms with van der Waals surface area (Å²) in [4.78, 5) is 15.0. The van der Waals surface area contributed by atoms with Gasteiger partial charge in [0.1, 0.15) is 5.75 Å². The predicted octanol–water partition coefficient (Wildman–Crippen LogP) is 5.42. The molecule has 3 aromatic rings. The molecule has 1 unspecified atom stereocenters. The third-order valence-electron chi connectivity index (χ3n) is 6.21. The van der Waals surface area contributed by atoms with E-state index < -0.39 is 5.91 Å². The zero-order valence-corrected chi connectivity index (χ0v) is 18.5. The van der Waals surface area contributed by atoms with Crippen LogP contribution in [0.4, 0.5) is 5.69 Å². The number of benzene rings is 3. The quantitative estimate of drug-likeness (QED) is 0.442. The van der Waals surface area contributed by atoms with E-state index in [4.69, 9.17) is 0 Å². The van der Waals surface area contributed by atoms with Gasteiger partial charge in [0, 0.05) is 17.8 Å². The summed E-state index contributed by atoms with van der Waals surface area (Å²) in [6, 6.07) is 17.2. The lowest BCUT2D eigenvalue weighted by Crippen LogP contribution is -2.48. The van der Waals surface area contributed by atoms with Crippen molar-refractivity contribution in [3.8, 4) is 5.75 Å². The standard InChI is InChI=1S/C26H29N3O2/c1-5-29-23-11-10-18(12-21(23)17(2)15-26(29,3)4)16-27-28-25(31)22-13-19-8-6-7-9-20(19)14-24(22)30/h6-14,16-17,30H,5,15H2,1-4H3,(H,28,31)/b27-16-. The van der Waals surface area contributed by atoms with Crippen LogP contribution in [0.15, 0.2) is 59.7 Å². The van der Waals surface area contributed by atoms with Gasteiger partial charge in [-0.15, -0.1) is 0 Å². The zero-order valence-electron chi connectivity index (χ0n) is 18.5. The van der Waals surface area contributed by atoms with Crippen molar-refractivity contribution in [1.29, 1.82) is 0 Å². The Balaban J connectivity index is 1.53. The van der Waals surface area contributed by atoms with Gasteiger partial charge in [0.05, 0.1) is 11.8 Å². The second-order valence-corrected chi connectivity index (χ2v) is 8.90. The molecule has 0 spiro atoms. The van der Waals surface area contributed by atoms with Crippen molar-refractivity contribution >= 4 is 28.6 Å². The number of nitrogens with one attached hydrogen (secondary N) is 1. The molecule has 1 aliphatic heterocycles. The number of rotatable bonds is 4. The molecule has 0 saturated heterocycles. The summed E-state index contributed by atoms with van der Waals surface area (Å²) < 4.78 is 0. The van der Waals surface area contributed by atoms with Crippen molar-refractivity contribution in [3.05, 3.63) is 71.3 Å². The normalized spacial score (nSPS) is 17.7. The lowest BCUT2D eigenvalue weighted by Gasteiger charge is -2.47. The van der Waals surface area contributed by atoms with Crippen LogP contribution in [-0.4, -0.2) is 29.3 Å². The largest absolute Gasteiger partial charge is 0.507 e. The first-order valence-electron chi connectivity index (χ1n) is 10.8. The first kappa shape index (κ1) is 20.9. The molecule has 0 bridgehead atoms. The minimum absolute atomic E-state index is 0.0590. The number of hydrogen-bond donors (Lipinski definition) is 2. The monoisotopic (exact) mass is 415 g/mol. The maximum atomic E-state index is 12.5. The smallest absolute Gasteiger partial charge is 0.275 e. The van der Waals surface area contributed by atoms with E-state index in [0.29, 0.717) is 5.92 Å². The van der Waals surface area contributed by atoms with E-state index >= 15 is 0 Å². The number of anilines is 1. The molecule has 31 heavy (non-hydrogen) atoms. The van der Waals surface area contributed by atoms with Gasteiger partial charge in [0.15, 0.2) is 0 Å². The van der Waals surface area contributed by atoms with Gasteiger partial charge in [-0.25, -0.2) is 5.43 Å². The summed E-state index contributed by atoms with van der Waals surface area (Å²) in [5.41, 5.74) is 6.39. The van der Waals surface area contributed by atoms with E-state index in [2.05, 4.69) is 55.3 Å². The van der Waals surface area contributed by atoms with Crippen molar-refractivity contribution in [2.45, 2.75) is 45.6 Å². The second-order valence-electron chi connectivity index (χ2n) is 8.90. The van der Waals surface area contributed by atoms with E-state index in [1.807, 2.05) is 30.3 Å². The molecule has 2 N–H and O–H groups in total. The minimum atomic E-state index is -0.440. The molecule has 1 heterocycles. The molecule has 0 radical (unpaired) electrons. The van der Waals surface area contributed by atoms with Crippen LogP contribution in [0, 0.1) is 0 Å². The minimum Gasteiger partial charge on any atom is -0.507 e. The Labute approximate surface area is 183 Å². The van der Waals surface area contributed by atoms with E-state index in [1.54, 1.807) is 18.3 Å². The van der Waals surface area contributed by atoms with Crippen LogP contribution < -0.4 is 10.3 Å². The van der Waals surface area contributed by atoms with Crippen LogP contribution in [-0.2, 0) is 0 Å². The van der Waals surface area contributed by atoms with Crippen LogP contribution in [0.3, 0.4) is 0 Å². The number of fused-ring (bicyclic) bond motifs is 2. The van der Waals surface area contributed by atoms with E-state index in [-0.39, 0.29) is 16.9 Å². The summed E-state index contributed by atoms with van der Waals surface area (Å²) in [6.07, 6.45) is 2.74. The lowest BCUT2D eigenvalue weighted by atomic mass is 9.79. The molecule has 1 atom stereocenters. The Morgan fingerprint density at radius 1 is 1.19 bits per heavy atom. The topological polar surface area (TPSA) is 64.9 Å². The van der Waals surface area contributed by atoms with Gasteiger partial charge >= 0.3 is 0 Å². The Morgan fingerprint density at radius 2 is 1.90 bits per heavy atom. The number of hydrogen-bond acceptors (Lipinski definition) is 4. The second kappa shape index (κ2) is 8.06. The van der Waals surface area contributed by atoms with Crippen LogP contribution in [0.5, 0.6) is 5.75 Å². The molecule has 1 amide bonds. The van der Waals surface area contributed by atoms with Gasteiger partial charge in [-0.2, -0.15) is 5.10 Å². The first-order valence-corrected chi connectivity index (χ1v) is 10.8. The fourth-order valence-corrected chi connectivity index (χ4v) is 4.82. The molecular weight excluding hydrogens is 386 g/mol. The highest BCUT2D eigenvalue weighted by Gasteiger charge is 2.35. The molecule has 4 rings (SSSR count). The van der Waals surface area contributed by atoms with Gasteiger partial charge in [0.25, 0.3) is 5.91 Å². The van der Waals surface area contributed by atoms with Crippen LogP contribution in [0.2, 0.25) is 0 Å². The Morgan fingerprint density at radius 3 is 2.61 bits per heavy atom. The van der Waals surface area contributed by atoms with Crippen molar-refractivity contribution in [3.63, 3.8) is 0 Å². The Kier molecular flexibility index (Phi) is 5.44. The summed E-state index contributed by atoms with van der Waals surface area (Å²) in [5, 5.41) is 16.1. The van der Waals surface area contributed by atoms with Crippen LogP contribution in [0.1, 0.15) is 61.5 Å². The average molecular weight is 416 g/mol. The van der Waals surface area contributed by atoms with Crippen molar-refractivity contribution in [1.82, 2.24) is 5.43 Å². The SMILES string of the molecule is CCN1c2ccc(/C=N\NC(=O)c3cc4ccccc4cc3O)cc2C(C)CC1(C)C. The number of hydrazone groups is 1. The van der Waals surface area contributed by atoms with Crippen LogP contribution in [0.25, 0.3) is 10.8 Å². The number of nitrogens with zero attached hydrogens (tertiary/aromatic N) is 2. The lowest BCUT2D eigenvalue weighted by molar-refractivity contribution is 0.0952. The number of phenols is 1. The highest BCUT2D eigenvalue weighted by atomic mass is 16.3. The van der Waals surface area contributed by atoms with E-state index in [9.17, 15) is 9.90 Å². The van der Waals surface area contributed by atoms with Gasteiger partial charge in [-0.1, -0.05) is 37.3 Å². The Bertz CT molecular complexity index is 1170. The molecule has 3 aromatic carbocycles. The maximum Gasteiger partial charge on any atom is 0.275 e. The van der Waals surface area contributed by atoms with Crippen molar-refractivity contribution in [2.75, 3.05) is 11.4 Å². The third-order valence-corrected chi connectivity index (χ3v) is 6.21. The number of aromatic hydroxyl groups is 1. The first-order chi connectivity index (χ1) is 14.8. The predicted molar refractivity (Wildman–Crippen MR) is 127 cm³/mol. The van der Waals surface area contributed by atoms with Gasteiger partial charge in [-0.3, -0.25) is 4.79 Å². The highest BCUT2D eigenvalue weighted by Crippen LogP contribution is 2.43. The molecule has 0 fully saturated rings. The molecule has 5 nitrogen and oxygen atoms in total. The molecule has 0 saturated carbocycles.